The molecule has 1 aliphatic carbocycles. The van der Waals surface area contributed by atoms with Crippen LogP contribution in [0.25, 0.3) is 0 Å². The number of fused-ring (bicyclic) bond motifs is 1. The Bertz CT molecular complexity index is 829. The van der Waals surface area contributed by atoms with Gasteiger partial charge in [0.2, 0.25) is 0 Å². The van der Waals surface area contributed by atoms with Gasteiger partial charge in [0, 0.05) is 0 Å². The van der Waals surface area contributed by atoms with E-state index in [-0.39, 0.29) is 22.9 Å². The Kier molecular flexibility index (Phi) is 4.10. The molecule has 1 aliphatic rings. The molecule has 4 nitrogen and oxygen atoms in total. The van der Waals surface area contributed by atoms with Crippen molar-refractivity contribution < 1.29 is 14.7 Å². The van der Waals surface area contributed by atoms with Gasteiger partial charge in [-0.15, -0.1) is 0 Å². The third kappa shape index (κ3) is 2.89. The summed E-state index contributed by atoms with van der Waals surface area (Å²) in [6, 6.07) is 11.7. The lowest BCUT2D eigenvalue weighted by Crippen LogP contribution is -2.35. The predicted octanol–water partition coefficient (Wildman–Crippen LogP) is 4.09. The van der Waals surface area contributed by atoms with Gasteiger partial charge >= 0.3 is 5.97 Å². The fourth-order valence-electron chi connectivity index (χ4n) is 3.30. The van der Waals surface area contributed by atoms with Crippen molar-refractivity contribution in [1.29, 1.82) is 0 Å². The Morgan fingerprint density at radius 3 is 2.58 bits per heavy atom. The third-order valence-corrected chi connectivity index (χ3v) is 4.85. The maximum absolute atomic E-state index is 12.6. The number of carboxylic acids is 1. The maximum Gasteiger partial charge on any atom is 0.335 e. The minimum atomic E-state index is -0.973. The number of rotatable bonds is 3. The molecule has 124 valence electrons. The SMILES string of the molecule is CC1(C)Cc2ccc(C(=O)O)cc2C1NC(=O)c1ccccc1Cl. The first-order valence-electron chi connectivity index (χ1n) is 7.71. The van der Waals surface area contributed by atoms with Crippen LogP contribution in [0.5, 0.6) is 0 Å². The third-order valence-electron chi connectivity index (χ3n) is 4.53. The van der Waals surface area contributed by atoms with Gasteiger partial charge in [0.25, 0.3) is 5.91 Å². The molecule has 0 saturated carbocycles. The number of carbonyl (C=O) groups is 2. The van der Waals surface area contributed by atoms with Crippen LogP contribution in [-0.4, -0.2) is 17.0 Å². The van der Waals surface area contributed by atoms with Crippen LogP contribution >= 0.6 is 11.6 Å². The van der Waals surface area contributed by atoms with Crippen LogP contribution in [-0.2, 0) is 6.42 Å². The topological polar surface area (TPSA) is 66.4 Å². The van der Waals surface area contributed by atoms with E-state index in [0.29, 0.717) is 10.6 Å². The van der Waals surface area contributed by atoms with Crippen LogP contribution in [0.2, 0.25) is 5.02 Å². The fourth-order valence-corrected chi connectivity index (χ4v) is 3.52. The molecule has 0 heterocycles. The highest BCUT2D eigenvalue weighted by molar-refractivity contribution is 6.33. The highest BCUT2D eigenvalue weighted by atomic mass is 35.5. The number of hydrogen-bond acceptors (Lipinski definition) is 2. The Morgan fingerprint density at radius 2 is 1.92 bits per heavy atom. The molecule has 2 aromatic rings. The average Bonchev–Trinajstić information content (AvgIpc) is 2.77. The van der Waals surface area contributed by atoms with Gasteiger partial charge in [0.15, 0.2) is 0 Å². The highest BCUT2D eigenvalue weighted by Gasteiger charge is 2.40. The molecule has 3 rings (SSSR count). The molecule has 0 saturated heterocycles. The van der Waals surface area contributed by atoms with Crippen LogP contribution in [0.1, 0.15) is 51.7 Å². The van der Waals surface area contributed by atoms with Crippen LogP contribution in [0, 0.1) is 5.41 Å². The summed E-state index contributed by atoms with van der Waals surface area (Å²) in [5.41, 5.74) is 2.35. The van der Waals surface area contributed by atoms with Crippen LogP contribution in [0.3, 0.4) is 0 Å². The minimum Gasteiger partial charge on any atom is -0.478 e. The summed E-state index contributed by atoms with van der Waals surface area (Å²) in [6.45, 7) is 4.12. The van der Waals surface area contributed by atoms with Crippen LogP contribution in [0.4, 0.5) is 0 Å². The number of aromatic carboxylic acids is 1. The lowest BCUT2D eigenvalue weighted by Gasteiger charge is -2.28. The molecule has 0 fully saturated rings. The number of benzene rings is 2. The van der Waals surface area contributed by atoms with Gasteiger partial charge in [-0.3, -0.25) is 4.79 Å². The molecular weight excluding hydrogens is 326 g/mol. The quantitative estimate of drug-likeness (QED) is 0.882. The highest BCUT2D eigenvalue weighted by Crippen LogP contribution is 2.45. The second kappa shape index (κ2) is 5.95. The van der Waals surface area contributed by atoms with Crippen molar-refractivity contribution in [1.82, 2.24) is 5.32 Å². The molecule has 1 unspecified atom stereocenters. The molecule has 0 radical (unpaired) electrons. The summed E-state index contributed by atoms with van der Waals surface area (Å²) >= 11 is 6.10. The van der Waals surface area contributed by atoms with Gasteiger partial charge in [-0.1, -0.05) is 43.6 Å². The van der Waals surface area contributed by atoms with E-state index < -0.39 is 5.97 Å². The number of nitrogens with one attached hydrogen (secondary N) is 1. The monoisotopic (exact) mass is 343 g/mol. The number of carbonyl (C=O) groups excluding carboxylic acids is 1. The van der Waals surface area contributed by atoms with E-state index in [4.69, 9.17) is 11.6 Å². The molecular formula is C19H18ClNO3. The molecule has 1 amide bonds. The van der Waals surface area contributed by atoms with E-state index in [1.54, 1.807) is 36.4 Å². The van der Waals surface area contributed by atoms with Crippen LogP contribution < -0.4 is 5.32 Å². The number of amides is 1. The van der Waals surface area contributed by atoms with E-state index in [9.17, 15) is 14.7 Å². The Hall–Kier alpha value is -2.33. The Morgan fingerprint density at radius 1 is 1.21 bits per heavy atom. The van der Waals surface area contributed by atoms with Crippen LogP contribution in [0.15, 0.2) is 42.5 Å². The lowest BCUT2D eigenvalue weighted by atomic mass is 9.85. The normalized spacial score (nSPS) is 18.0. The van der Waals surface area contributed by atoms with E-state index in [1.165, 1.54) is 0 Å². The number of halogens is 1. The summed E-state index contributed by atoms with van der Waals surface area (Å²) in [4.78, 5) is 23.9. The average molecular weight is 344 g/mol. The first-order chi connectivity index (χ1) is 11.3. The summed E-state index contributed by atoms with van der Waals surface area (Å²) < 4.78 is 0. The maximum atomic E-state index is 12.6. The van der Waals surface area contributed by atoms with Gasteiger partial charge in [-0.2, -0.15) is 0 Å². The van der Waals surface area contributed by atoms with E-state index in [1.807, 2.05) is 6.07 Å². The van der Waals surface area contributed by atoms with Crippen molar-refractivity contribution in [3.63, 3.8) is 0 Å². The summed E-state index contributed by atoms with van der Waals surface area (Å²) in [7, 11) is 0. The van der Waals surface area contributed by atoms with Crippen molar-refractivity contribution in [2.75, 3.05) is 0 Å². The second-order valence-corrected chi connectivity index (χ2v) is 7.18. The zero-order chi connectivity index (χ0) is 17.5. The fraction of sp³-hybridized carbons (Fsp3) is 0.263. The number of carboxylic acid groups (broad SMARTS) is 1. The second-order valence-electron chi connectivity index (χ2n) is 6.77. The van der Waals surface area contributed by atoms with E-state index >= 15 is 0 Å². The minimum absolute atomic E-state index is 0.212. The van der Waals surface area contributed by atoms with Crippen molar-refractivity contribution >= 4 is 23.5 Å². The van der Waals surface area contributed by atoms with Crippen molar-refractivity contribution in [3.8, 4) is 0 Å². The molecule has 24 heavy (non-hydrogen) atoms. The molecule has 0 bridgehead atoms. The molecule has 0 spiro atoms. The van der Waals surface area contributed by atoms with Gasteiger partial charge < -0.3 is 10.4 Å². The first-order valence-corrected chi connectivity index (χ1v) is 8.09. The summed E-state index contributed by atoms with van der Waals surface area (Å²) in [5, 5.41) is 12.7. The van der Waals surface area contributed by atoms with Gasteiger partial charge in [-0.25, -0.2) is 4.79 Å². The molecule has 1 atom stereocenters. The standard InChI is InChI=1S/C19H18ClNO3/c1-19(2)10-12-8-7-11(18(23)24)9-14(12)16(19)21-17(22)13-5-3-4-6-15(13)20/h3-9,16H,10H2,1-2H3,(H,21,22)(H,23,24). The summed E-state index contributed by atoms with van der Waals surface area (Å²) in [6.07, 6.45) is 0.774. The largest absolute Gasteiger partial charge is 0.478 e. The van der Waals surface area contributed by atoms with Crippen molar-refractivity contribution in [2.24, 2.45) is 5.41 Å². The zero-order valence-corrected chi connectivity index (χ0v) is 14.2. The Balaban J connectivity index is 1.96. The molecule has 2 N–H and O–H groups in total. The number of hydrogen-bond donors (Lipinski definition) is 2. The zero-order valence-electron chi connectivity index (χ0n) is 13.5. The van der Waals surface area contributed by atoms with E-state index in [0.717, 1.165) is 17.5 Å². The van der Waals surface area contributed by atoms with Gasteiger partial charge in [0.1, 0.15) is 0 Å². The molecule has 5 heteroatoms. The van der Waals surface area contributed by atoms with Crippen molar-refractivity contribution in [3.05, 3.63) is 69.7 Å². The van der Waals surface area contributed by atoms with Gasteiger partial charge in [0.05, 0.1) is 22.2 Å². The van der Waals surface area contributed by atoms with Crippen molar-refractivity contribution in [2.45, 2.75) is 26.3 Å². The predicted molar refractivity (Wildman–Crippen MR) is 92.5 cm³/mol. The lowest BCUT2D eigenvalue weighted by molar-refractivity contribution is 0.0696. The first kappa shape index (κ1) is 16.5. The molecule has 0 aliphatic heterocycles. The smallest absolute Gasteiger partial charge is 0.335 e. The molecule has 2 aromatic carbocycles. The Labute approximate surface area is 145 Å². The molecule has 0 aromatic heterocycles. The van der Waals surface area contributed by atoms with Gasteiger partial charge in [-0.05, 0) is 47.2 Å². The van der Waals surface area contributed by atoms with E-state index in [2.05, 4.69) is 19.2 Å². The summed E-state index contributed by atoms with van der Waals surface area (Å²) in [5.74, 6) is -1.23.